The predicted octanol–water partition coefficient (Wildman–Crippen LogP) is 2.71. The predicted molar refractivity (Wildman–Crippen MR) is 65.3 cm³/mol. The molecule has 0 amide bonds. The van der Waals surface area contributed by atoms with Gasteiger partial charge in [-0.25, -0.2) is 4.39 Å². The van der Waals surface area contributed by atoms with Crippen molar-refractivity contribution < 1.29 is 19.0 Å². The van der Waals surface area contributed by atoms with Gasteiger partial charge in [-0.1, -0.05) is 6.42 Å². The Labute approximate surface area is 106 Å². The monoisotopic (exact) mass is 252 g/mol. The van der Waals surface area contributed by atoms with E-state index in [4.69, 9.17) is 4.74 Å². The molecule has 0 bridgehead atoms. The van der Waals surface area contributed by atoms with Gasteiger partial charge in [-0.3, -0.25) is 4.79 Å². The maximum Gasteiger partial charge on any atom is 0.165 e. The lowest BCUT2D eigenvalue weighted by Gasteiger charge is -2.28. The van der Waals surface area contributed by atoms with Gasteiger partial charge in [-0.05, 0) is 44.4 Å². The van der Waals surface area contributed by atoms with Crippen LogP contribution in [0.5, 0.6) is 5.75 Å². The SMILES string of the molecule is CC(=O)c1ccc(OC2CCCCC2O)c(F)c1. The number of rotatable bonds is 3. The highest BCUT2D eigenvalue weighted by molar-refractivity contribution is 5.94. The number of hydrogen-bond acceptors (Lipinski definition) is 3. The minimum atomic E-state index is -0.555. The van der Waals surface area contributed by atoms with Crippen LogP contribution in [0.4, 0.5) is 4.39 Å². The first-order valence-electron chi connectivity index (χ1n) is 6.23. The molecule has 1 saturated carbocycles. The van der Waals surface area contributed by atoms with Gasteiger partial charge in [0.25, 0.3) is 0 Å². The first kappa shape index (κ1) is 13.0. The maximum absolute atomic E-state index is 13.7. The largest absolute Gasteiger partial charge is 0.485 e. The highest BCUT2D eigenvalue weighted by atomic mass is 19.1. The van der Waals surface area contributed by atoms with Gasteiger partial charge in [0.05, 0.1) is 6.10 Å². The molecule has 1 aliphatic carbocycles. The molecule has 0 spiro atoms. The second-order valence-electron chi connectivity index (χ2n) is 4.71. The zero-order valence-corrected chi connectivity index (χ0v) is 10.4. The fourth-order valence-corrected chi connectivity index (χ4v) is 2.19. The van der Waals surface area contributed by atoms with E-state index < -0.39 is 11.9 Å². The molecular weight excluding hydrogens is 235 g/mol. The second kappa shape index (κ2) is 5.48. The summed E-state index contributed by atoms with van der Waals surface area (Å²) in [6.07, 6.45) is 2.50. The first-order valence-corrected chi connectivity index (χ1v) is 6.23. The standard InChI is InChI=1S/C14H17FO3/c1-9(16)10-6-7-13(11(15)8-10)18-14-5-3-2-4-12(14)17/h6-8,12,14,17H,2-5H2,1H3. The third kappa shape index (κ3) is 2.88. The molecule has 0 aromatic heterocycles. The van der Waals surface area contributed by atoms with Crippen LogP contribution in [0.2, 0.25) is 0 Å². The lowest BCUT2D eigenvalue weighted by Crippen LogP contribution is -2.34. The molecule has 4 heteroatoms. The number of carbonyl (C=O) groups excluding carboxylic acids is 1. The summed E-state index contributed by atoms with van der Waals surface area (Å²) in [5.74, 6) is -0.635. The molecule has 2 rings (SSSR count). The number of carbonyl (C=O) groups is 1. The van der Waals surface area contributed by atoms with E-state index in [1.54, 1.807) is 0 Å². The zero-order chi connectivity index (χ0) is 13.1. The fraction of sp³-hybridized carbons (Fsp3) is 0.500. The lowest BCUT2D eigenvalue weighted by atomic mass is 9.95. The lowest BCUT2D eigenvalue weighted by molar-refractivity contribution is 0.00498. The number of ketones is 1. The molecule has 2 atom stereocenters. The van der Waals surface area contributed by atoms with Crippen LogP contribution in [-0.4, -0.2) is 23.1 Å². The highest BCUT2D eigenvalue weighted by Crippen LogP contribution is 2.26. The van der Waals surface area contributed by atoms with Crippen LogP contribution in [0.15, 0.2) is 18.2 Å². The second-order valence-corrected chi connectivity index (χ2v) is 4.71. The van der Waals surface area contributed by atoms with Crippen molar-refractivity contribution >= 4 is 5.78 Å². The molecule has 1 aromatic rings. The van der Waals surface area contributed by atoms with Crippen LogP contribution in [0.25, 0.3) is 0 Å². The highest BCUT2D eigenvalue weighted by Gasteiger charge is 2.25. The van der Waals surface area contributed by atoms with Crippen molar-refractivity contribution in [2.45, 2.75) is 44.8 Å². The summed E-state index contributed by atoms with van der Waals surface area (Å²) < 4.78 is 19.2. The Morgan fingerprint density at radius 2 is 2.11 bits per heavy atom. The number of halogens is 1. The van der Waals surface area contributed by atoms with E-state index in [0.717, 1.165) is 19.3 Å². The van der Waals surface area contributed by atoms with Crippen molar-refractivity contribution in [2.75, 3.05) is 0 Å². The zero-order valence-electron chi connectivity index (χ0n) is 10.4. The molecular formula is C14H17FO3. The van der Waals surface area contributed by atoms with Crippen LogP contribution < -0.4 is 4.74 Å². The minimum Gasteiger partial charge on any atom is -0.485 e. The van der Waals surface area contributed by atoms with Crippen LogP contribution >= 0.6 is 0 Å². The minimum absolute atomic E-state index is 0.103. The Hall–Kier alpha value is -1.42. The molecule has 1 N–H and O–H groups in total. The van der Waals surface area contributed by atoms with Crippen molar-refractivity contribution in [1.82, 2.24) is 0 Å². The van der Waals surface area contributed by atoms with E-state index >= 15 is 0 Å². The van der Waals surface area contributed by atoms with Crippen LogP contribution in [0.1, 0.15) is 43.0 Å². The Morgan fingerprint density at radius 3 is 2.72 bits per heavy atom. The summed E-state index contributed by atoms with van der Waals surface area (Å²) in [4.78, 5) is 11.1. The average molecular weight is 252 g/mol. The summed E-state index contributed by atoms with van der Waals surface area (Å²) in [5, 5.41) is 9.76. The van der Waals surface area contributed by atoms with Crippen molar-refractivity contribution in [2.24, 2.45) is 0 Å². The smallest absolute Gasteiger partial charge is 0.165 e. The summed E-state index contributed by atoms with van der Waals surface area (Å²) in [6.45, 7) is 1.39. The third-order valence-corrected chi connectivity index (χ3v) is 3.28. The number of hydrogen-bond donors (Lipinski definition) is 1. The average Bonchev–Trinajstić information content (AvgIpc) is 2.34. The molecule has 98 valence electrons. The van der Waals surface area contributed by atoms with Gasteiger partial charge >= 0.3 is 0 Å². The van der Waals surface area contributed by atoms with Crippen molar-refractivity contribution in [3.05, 3.63) is 29.6 Å². The van der Waals surface area contributed by atoms with Crippen LogP contribution in [-0.2, 0) is 0 Å². The number of benzene rings is 1. The maximum atomic E-state index is 13.7. The Morgan fingerprint density at radius 1 is 1.39 bits per heavy atom. The molecule has 3 nitrogen and oxygen atoms in total. The van der Waals surface area contributed by atoms with Gasteiger partial charge < -0.3 is 9.84 Å². The summed E-state index contributed by atoms with van der Waals surface area (Å²) >= 11 is 0. The van der Waals surface area contributed by atoms with Crippen LogP contribution in [0.3, 0.4) is 0 Å². The summed E-state index contributed by atoms with van der Waals surface area (Å²) in [7, 11) is 0. The van der Waals surface area contributed by atoms with Gasteiger partial charge in [0.15, 0.2) is 17.3 Å². The van der Waals surface area contributed by atoms with Gasteiger partial charge in [0, 0.05) is 5.56 Å². The van der Waals surface area contributed by atoms with E-state index in [9.17, 15) is 14.3 Å². The van der Waals surface area contributed by atoms with E-state index in [1.165, 1.54) is 25.1 Å². The molecule has 1 fully saturated rings. The molecule has 1 aromatic carbocycles. The first-order chi connectivity index (χ1) is 8.58. The summed E-state index contributed by atoms with van der Waals surface area (Å²) in [6, 6.07) is 4.16. The fourth-order valence-electron chi connectivity index (χ4n) is 2.19. The van der Waals surface area contributed by atoms with Crippen molar-refractivity contribution in [3.8, 4) is 5.75 Å². The van der Waals surface area contributed by atoms with Gasteiger partial charge in [0.1, 0.15) is 6.10 Å². The molecule has 2 unspecified atom stereocenters. The molecule has 0 radical (unpaired) electrons. The van der Waals surface area contributed by atoms with Crippen LogP contribution in [0, 0.1) is 5.82 Å². The molecule has 0 aliphatic heterocycles. The third-order valence-electron chi connectivity index (χ3n) is 3.28. The molecule has 18 heavy (non-hydrogen) atoms. The number of ether oxygens (including phenoxy) is 1. The summed E-state index contributed by atoms with van der Waals surface area (Å²) in [5.41, 5.74) is 0.323. The Kier molecular flexibility index (Phi) is 3.97. The van der Waals surface area contributed by atoms with Crippen molar-refractivity contribution in [3.63, 3.8) is 0 Å². The van der Waals surface area contributed by atoms with Gasteiger partial charge in [-0.15, -0.1) is 0 Å². The number of aliphatic hydroxyl groups excluding tert-OH is 1. The normalized spacial score (nSPS) is 23.7. The molecule has 0 heterocycles. The topological polar surface area (TPSA) is 46.5 Å². The van der Waals surface area contributed by atoms with Crippen molar-refractivity contribution in [1.29, 1.82) is 0 Å². The van der Waals surface area contributed by atoms with E-state index in [-0.39, 0.29) is 17.6 Å². The van der Waals surface area contributed by atoms with Gasteiger partial charge in [0.2, 0.25) is 0 Å². The molecule has 0 saturated heterocycles. The number of aliphatic hydroxyl groups is 1. The quantitative estimate of drug-likeness (QED) is 0.841. The Bertz CT molecular complexity index is 445. The van der Waals surface area contributed by atoms with Gasteiger partial charge in [-0.2, -0.15) is 0 Å². The van der Waals surface area contributed by atoms with E-state index in [0.29, 0.717) is 12.0 Å². The van der Waals surface area contributed by atoms with E-state index in [1.807, 2.05) is 0 Å². The number of Topliss-reactive ketones (excluding diaryl/α,β-unsaturated/α-hetero) is 1. The van der Waals surface area contributed by atoms with E-state index in [2.05, 4.69) is 0 Å². The Balaban J connectivity index is 2.11. The molecule has 1 aliphatic rings.